The average Bonchev–Trinajstić information content (AvgIpc) is 3.10. The molecule has 0 spiro atoms. The molecule has 1 aromatic carbocycles. The molecule has 1 aliphatic rings. The summed E-state index contributed by atoms with van der Waals surface area (Å²) in [5.41, 5.74) is 7.20. The number of likely N-dealkylation sites (tertiary alicyclic amines) is 1. The Balaban J connectivity index is 2.10. The van der Waals surface area contributed by atoms with E-state index in [1.165, 1.54) is 18.4 Å². The average molecular weight is 318 g/mol. The lowest BCUT2D eigenvalue weighted by atomic mass is 10.0. The molecule has 1 aromatic rings. The Kier molecular flexibility index (Phi) is 7.20. The van der Waals surface area contributed by atoms with Crippen molar-refractivity contribution in [2.24, 2.45) is 10.7 Å². The minimum atomic E-state index is 0.222. The maximum atomic E-state index is 6.00. The molecule has 0 amide bonds. The topological polar surface area (TPSA) is 62.9 Å². The van der Waals surface area contributed by atoms with Crippen molar-refractivity contribution in [3.63, 3.8) is 0 Å². The standard InChI is InChI=1S/C18H30N4O/c1-3-4-11-20-18(19)21-14-16(22-12-7-8-13-22)15-9-5-6-10-17(15)23-2/h5-6,9-10,16H,3-4,7-8,11-14H2,1-2H3,(H3,19,20,21). The van der Waals surface area contributed by atoms with E-state index in [-0.39, 0.29) is 6.04 Å². The first-order valence-electron chi connectivity index (χ1n) is 8.67. The van der Waals surface area contributed by atoms with Crippen molar-refractivity contribution in [2.45, 2.75) is 38.6 Å². The minimum absolute atomic E-state index is 0.222. The molecule has 23 heavy (non-hydrogen) atoms. The van der Waals surface area contributed by atoms with Crippen molar-refractivity contribution >= 4 is 5.96 Å². The van der Waals surface area contributed by atoms with Gasteiger partial charge in [0.1, 0.15) is 5.75 Å². The van der Waals surface area contributed by atoms with Crippen molar-refractivity contribution < 1.29 is 4.74 Å². The number of para-hydroxylation sites is 1. The van der Waals surface area contributed by atoms with Crippen molar-refractivity contribution in [3.05, 3.63) is 29.8 Å². The van der Waals surface area contributed by atoms with Gasteiger partial charge in [-0.3, -0.25) is 9.89 Å². The van der Waals surface area contributed by atoms with Crippen molar-refractivity contribution in [1.82, 2.24) is 10.2 Å². The zero-order valence-electron chi connectivity index (χ0n) is 14.4. The SMILES string of the molecule is CCCCNC(N)=NCC(c1ccccc1OC)N1CCCC1. The summed E-state index contributed by atoms with van der Waals surface area (Å²) in [6.45, 7) is 5.93. The zero-order valence-corrected chi connectivity index (χ0v) is 14.4. The van der Waals surface area contributed by atoms with Gasteiger partial charge in [-0.2, -0.15) is 0 Å². The zero-order chi connectivity index (χ0) is 16.5. The number of ether oxygens (including phenoxy) is 1. The normalized spacial score (nSPS) is 17.2. The Morgan fingerprint density at radius 2 is 2.09 bits per heavy atom. The van der Waals surface area contributed by atoms with E-state index in [0.29, 0.717) is 12.5 Å². The van der Waals surface area contributed by atoms with Crippen LogP contribution >= 0.6 is 0 Å². The second-order valence-electron chi connectivity index (χ2n) is 6.01. The molecule has 1 aliphatic heterocycles. The minimum Gasteiger partial charge on any atom is -0.496 e. The largest absolute Gasteiger partial charge is 0.496 e. The Bertz CT molecular complexity index is 498. The monoisotopic (exact) mass is 318 g/mol. The lowest BCUT2D eigenvalue weighted by Gasteiger charge is -2.28. The Labute approximate surface area is 139 Å². The third-order valence-corrected chi connectivity index (χ3v) is 4.35. The molecule has 2 rings (SSSR count). The van der Waals surface area contributed by atoms with Crippen LogP contribution in [-0.4, -0.2) is 44.1 Å². The predicted octanol–water partition coefficient (Wildman–Crippen LogP) is 2.54. The summed E-state index contributed by atoms with van der Waals surface area (Å²) < 4.78 is 5.55. The van der Waals surface area contributed by atoms with Crippen LogP contribution in [0.1, 0.15) is 44.2 Å². The number of unbranched alkanes of at least 4 members (excludes halogenated alkanes) is 1. The molecule has 1 unspecified atom stereocenters. The number of nitrogens with two attached hydrogens (primary N) is 1. The van der Waals surface area contributed by atoms with E-state index < -0.39 is 0 Å². The van der Waals surface area contributed by atoms with Crippen molar-refractivity contribution in [2.75, 3.05) is 33.3 Å². The molecule has 1 atom stereocenters. The lowest BCUT2D eigenvalue weighted by molar-refractivity contribution is 0.245. The molecule has 5 heteroatoms. The highest BCUT2D eigenvalue weighted by Gasteiger charge is 2.25. The van der Waals surface area contributed by atoms with Crippen LogP contribution in [0.5, 0.6) is 5.75 Å². The van der Waals surface area contributed by atoms with Gasteiger partial charge < -0.3 is 15.8 Å². The molecule has 0 saturated carbocycles. The molecule has 0 aromatic heterocycles. The molecular formula is C18H30N4O. The molecule has 5 nitrogen and oxygen atoms in total. The van der Waals surface area contributed by atoms with E-state index >= 15 is 0 Å². The van der Waals surface area contributed by atoms with Crippen LogP contribution in [-0.2, 0) is 0 Å². The second-order valence-corrected chi connectivity index (χ2v) is 6.01. The molecule has 1 fully saturated rings. The van der Waals surface area contributed by atoms with E-state index in [1.54, 1.807) is 7.11 Å². The first-order chi connectivity index (χ1) is 11.3. The fraction of sp³-hybridized carbons (Fsp3) is 0.611. The summed E-state index contributed by atoms with van der Waals surface area (Å²) in [7, 11) is 1.73. The van der Waals surface area contributed by atoms with Crippen LogP contribution < -0.4 is 15.8 Å². The number of rotatable bonds is 8. The van der Waals surface area contributed by atoms with Gasteiger partial charge in [-0.25, -0.2) is 0 Å². The highest BCUT2D eigenvalue weighted by molar-refractivity contribution is 5.77. The summed E-state index contributed by atoms with van der Waals surface area (Å²) in [6, 6.07) is 8.45. The predicted molar refractivity (Wildman–Crippen MR) is 95.9 cm³/mol. The van der Waals surface area contributed by atoms with Gasteiger partial charge in [-0.15, -0.1) is 0 Å². The van der Waals surface area contributed by atoms with Crippen molar-refractivity contribution in [3.8, 4) is 5.75 Å². The molecule has 128 valence electrons. The molecule has 3 N–H and O–H groups in total. The number of hydrogen-bond donors (Lipinski definition) is 2. The number of nitrogens with one attached hydrogen (secondary N) is 1. The van der Waals surface area contributed by atoms with Gasteiger partial charge in [0.15, 0.2) is 5.96 Å². The first kappa shape index (κ1) is 17.6. The number of aliphatic imine (C=N–C) groups is 1. The third kappa shape index (κ3) is 5.13. The first-order valence-corrected chi connectivity index (χ1v) is 8.67. The van der Waals surface area contributed by atoms with Crippen LogP contribution in [0.2, 0.25) is 0 Å². The van der Waals surface area contributed by atoms with Gasteiger partial charge in [-0.05, 0) is 38.4 Å². The van der Waals surface area contributed by atoms with Gasteiger partial charge in [0.05, 0.1) is 19.7 Å². The lowest BCUT2D eigenvalue weighted by Crippen LogP contribution is -2.34. The van der Waals surface area contributed by atoms with Gasteiger partial charge in [0.25, 0.3) is 0 Å². The number of hydrogen-bond acceptors (Lipinski definition) is 3. The van der Waals surface area contributed by atoms with E-state index in [0.717, 1.165) is 38.2 Å². The number of benzene rings is 1. The van der Waals surface area contributed by atoms with Gasteiger partial charge >= 0.3 is 0 Å². The summed E-state index contributed by atoms with van der Waals surface area (Å²) in [6.07, 6.45) is 4.76. The maximum Gasteiger partial charge on any atom is 0.188 e. The molecule has 1 heterocycles. The van der Waals surface area contributed by atoms with Gasteiger partial charge in [0.2, 0.25) is 0 Å². The Hall–Kier alpha value is -1.75. The van der Waals surface area contributed by atoms with Gasteiger partial charge in [0, 0.05) is 12.1 Å². The molecule has 0 bridgehead atoms. The highest BCUT2D eigenvalue weighted by Crippen LogP contribution is 2.31. The maximum absolute atomic E-state index is 6.00. The fourth-order valence-corrected chi connectivity index (χ4v) is 3.04. The number of guanidine groups is 1. The van der Waals surface area contributed by atoms with Crippen LogP contribution in [0.4, 0.5) is 0 Å². The quantitative estimate of drug-likeness (QED) is 0.439. The number of nitrogens with zero attached hydrogens (tertiary/aromatic N) is 2. The molecule has 0 aliphatic carbocycles. The summed E-state index contributed by atoms with van der Waals surface area (Å²) >= 11 is 0. The summed E-state index contributed by atoms with van der Waals surface area (Å²) in [5.74, 6) is 1.47. The van der Waals surface area contributed by atoms with Crippen LogP contribution in [0.15, 0.2) is 29.3 Å². The van der Waals surface area contributed by atoms with E-state index in [1.807, 2.05) is 12.1 Å². The van der Waals surface area contributed by atoms with Crippen LogP contribution in [0.3, 0.4) is 0 Å². The van der Waals surface area contributed by atoms with E-state index in [2.05, 4.69) is 34.3 Å². The van der Waals surface area contributed by atoms with E-state index in [4.69, 9.17) is 10.5 Å². The molecule has 0 radical (unpaired) electrons. The number of methoxy groups -OCH3 is 1. The fourth-order valence-electron chi connectivity index (χ4n) is 3.04. The molecule has 1 saturated heterocycles. The van der Waals surface area contributed by atoms with Gasteiger partial charge in [-0.1, -0.05) is 31.5 Å². The van der Waals surface area contributed by atoms with Crippen LogP contribution in [0, 0.1) is 0 Å². The Morgan fingerprint density at radius 3 is 2.78 bits per heavy atom. The van der Waals surface area contributed by atoms with Crippen LogP contribution in [0.25, 0.3) is 0 Å². The Morgan fingerprint density at radius 1 is 1.35 bits per heavy atom. The summed E-state index contributed by atoms with van der Waals surface area (Å²) in [5, 5.41) is 3.19. The highest BCUT2D eigenvalue weighted by atomic mass is 16.5. The van der Waals surface area contributed by atoms with Crippen molar-refractivity contribution in [1.29, 1.82) is 0 Å². The van der Waals surface area contributed by atoms with E-state index in [9.17, 15) is 0 Å². The summed E-state index contributed by atoms with van der Waals surface area (Å²) in [4.78, 5) is 7.07. The molecular weight excluding hydrogens is 288 g/mol. The third-order valence-electron chi connectivity index (χ3n) is 4.35. The second kappa shape index (κ2) is 9.40. The smallest absolute Gasteiger partial charge is 0.188 e.